The van der Waals surface area contributed by atoms with Gasteiger partial charge in [-0.1, -0.05) is 12.1 Å². The van der Waals surface area contributed by atoms with Crippen molar-refractivity contribution in [3.05, 3.63) is 30.0 Å². The molecule has 1 aliphatic carbocycles. The van der Waals surface area contributed by atoms with Crippen molar-refractivity contribution < 1.29 is 28.3 Å². The van der Waals surface area contributed by atoms with Gasteiger partial charge in [-0.25, -0.2) is 4.79 Å². The highest BCUT2D eigenvalue weighted by Crippen LogP contribution is 2.32. The summed E-state index contributed by atoms with van der Waals surface area (Å²) in [4.78, 5) is 35.6. The van der Waals surface area contributed by atoms with E-state index in [1.807, 2.05) is 0 Å². The minimum Gasteiger partial charge on any atom is -0.460 e. The number of hydrogen-bond acceptors (Lipinski definition) is 6. The maximum atomic E-state index is 12.1. The molecule has 1 aromatic heterocycles. The monoisotopic (exact) mass is 331 g/mol. The summed E-state index contributed by atoms with van der Waals surface area (Å²) in [7, 11) is 0. The Labute approximate surface area is 137 Å². The first-order chi connectivity index (χ1) is 11.6. The summed E-state index contributed by atoms with van der Waals surface area (Å²) in [5, 5.41) is 3.15. The maximum absolute atomic E-state index is 12.1. The Morgan fingerprint density at radius 1 is 1.21 bits per heavy atom. The Morgan fingerprint density at radius 2 is 1.96 bits per heavy atom. The van der Waals surface area contributed by atoms with Gasteiger partial charge < -0.3 is 19.2 Å². The second kappa shape index (κ2) is 6.74. The number of carbonyl (C=O) groups excluding carboxylic acids is 3. The van der Waals surface area contributed by atoms with Gasteiger partial charge in [0, 0.05) is 5.39 Å². The Hall–Kier alpha value is -2.83. The number of para-hydroxylation sites is 1. The number of fused-ring (bicyclic) bond motifs is 1. The lowest BCUT2D eigenvalue weighted by Crippen LogP contribution is -2.22. The Kier molecular flexibility index (Phi) is 4.50. The predicted octanol–water partition coefficient (Wildman–Crippen LogP) is 2.50. The zero-order valence-corrected chi connectivity index (χ0v) is 13.2. The fourth-order valence-corrected chi connectivity index (χ4v) is 2.26. The molecule has 7 heteroatoms. The van der Waals surface area contributed by atoms with Crippen LogP contribution in [0.5, 0.6) is 0 Å². The van der Waals surface area contributed by atoms with Crippen molar-refractivity contribution in [2.24, 2.45) is 5.92 Å². The van der Waals surface area contributed by atoms with E-state index < -0.39 is 18.5 Å². The molecule has 1 heterocycles. The van der Waals surface area contributed by atoms with Gasteiger partial charge in [-0.05, 0) is 31.9 Å². The Bertz CT molecular complexity index is 789. The molecule has 1 amide bonds. The van der Waals surface area contributed by atoms with Gasteiger partial charge in [0.2, 0.25) is 5.76 Å². The van der Waals surface area contributed by atoms with Crippen LogP contribution in [0.3, 0.4) is 0 Å². The van der Waals surface area contributed by atoms with Crippen LogP contribution < -0.4 is 5.32 Å². The van der Waals surface area contributed by atoms with Crippen LogP contribution in [-0.2, 0) is 19.1 Å². The summed E-state index contributed by atoms with van der Waals surface area (Å²) < 4.78 is 15.4. The standard InChI is InChI=1S/C17H17NO6/c1-2-22-17(21)15-14(11-5-3-4-6-12(11)24-15)18-13(19)9-23-16(20)10-7-8-10/h3-6,10H,2,7-9H2,1H3,(H,18,19). The Morgan fingerprint density at radius 3 is 2.67 bits per heavy atom. The van der Waals surface area contributed by atoms with Gasteiger partial charge in [0.15, 0.2) is 6.61 Å². The van der Waals surface area contributed by atoms with Crippen molar-refractivity contribution in [1.82, 2.24) is 0 Å². The fraction of sp³-hybridized carbons (Fsp3) is 0.353. The molecule has 0 atom stereocenters. The van der Waals surface area contributed by atoms with E-state index in [0.717, 1.165) is 12.8 Å². The number of hydrogen-bond donors (Lipinski definition) is 1. The first-order valence-corrected chi connectivity index (χ1v) is 7.75. The number of rotatable bonds is 6. The highest BCUT2D eigenvalue weighted by atomic mass is 16.5. The van der Waals surface area contributed by atoms with E-state index in [0.29, 0.717) is 11.0 Å². The predicted molar refractivity (Wildman–Crippen MR) is 84.5 cm³/mol. The number of ether oxygens (including phenoxy) is 2. The molecule has 3 rings (SSSR count). The quantitative estimate of drug-likeness (QED) is 0.817. The maximum Gasteiger partial charge on any atom is 0.376 e. The van der Waals surface area contributed by atoms with Crippen molar-refractivity contribution in [2.75, 3.05) is 18.5 Å². The number of benzene rings is 1. The average molecular weight is 331 g/mol. The molecule has 7 nitrogen and oxygen atoms in total. The molecule has 1 saturated carbocycles. The van der Waals surface area contributed by atoms with E-state index in [1.165, 1.54) is 0 Å². The van der Waals surface area contributed by atoms with E-state index in [4.69, 9.17) is 13.9 Å². The van der Waals surface area contributed by atoms with Crippen LogP contribution in [0, 0.1) is 5.92 Å². The van der Waals surface area contributed by atoms with Gasteiger partial charge in [-0.15, -0.1) is 0 Å². The van der Waals surface area contributed by atoms with Crippen LogP contribution in [0.4, 0.5) is 5.69 Å². The van der Waals surface area contributed by atoms with E-state index in [9.17, 15) is 14.4 Å². The number of furan rings is 1. The minimum atomic E-state index is -0.668. The van der Waals surface area contributed by atoms with Crippen LogP contribution in [0.2, 0.25) is 0 Å². The van der Waals surface area contributed by atoms with E-state index in [-0.39, 0.29) is 29.9 Å². The minimum absolute atomic E-state index is 0.0809. The molecule has 1 fully saturated rings. The van der Waals surface area contributed by atoms with Crippen molar-refractivity contribution in [1.29, 1.82) is 0 Å². The molecule has 1 aliphatic rings. The first-order valence-electron chi connectivity index (χ1n) is 7.75. The SMILES string of the molecule is CCOC(=O)c1oc2ccccc2c1NC(=O)COC(=O)C1CC1. The second-order valence-corrected chi connectivity index (χ2v) is 5.45. The number of esters is 2. The molecule has 0 radical (unpaired) electrons. The summed E-state index contributed by atoms with van der Waals surface area (Å²) in [6, 6.07) is 6.91. The lowest BCUT2D eigenvalue weighted by atomic mass is 10.2. The van der Waals surface area contributed by atoms with Crippen LogP contribution in [0.1, 0.15) is 30.3 Å². The third-order valence-electron chi connectivity index (χ3n) is 3.58. The van der Waals surface area contributed by atoms with E-state index in [2.05, 4.69) is 5.32 Å². The summed E-state index contributed by atoms with van der Waals surface area (Å²) >= 11 is 0. The lowest BCUT2D eigenvalue weighted by Gasteiger charge is -2.07. The molecule has 126 valence electrons. The summed E-state index contributed by atoms with van der Waals surface area (Å²) in [6.45, 7) is 1.45. The molecule has 0 spiro atoms. The lowest BCUT2D eigenvalue weighted by molar-refractivity contribution is -0.148. The molecule has 1 aromatic carbocycles. The highest BCUT2D eigenvalue weighted by molar-refractivity contribution is 6.09. The molecule has 2 aromatic rings. The number of nitrogens with one attached hydrogen (secondary N) is 1. The highest BCUT2D eigenvalue weighted by Gasteiger charge is 2.31. The number of amides is 1. The van der Waals surface area contributed by atoms with Crippen molar-refractivity contribution in [3.8, 4) is 0 Å². The normalized spacial score (nSPS) is 13.5. The molecule has 0 bridgehead atoms. The third kappa shape index (κ3) is 3.40. The fourth-order valence-electron chi connectivity index (χ4n) is 2.26. The molecule has 0 aliphatic heterocycles. The second-order valence-electron chi connectivity index (χ2n) is 5.45. The number of anilines is 1. The van der Waals surface area contributed by atoms with Crippen molar-refractivity contribution in [3.63, 3.8) is 0 Å². The molecule has 1 N–H and O–H groups in total. The van der Waals surface area contributed by atoms with Crippen molar-refractivity contribution >= 4 is 34.5 Å². The molecular weight excluding hydrogens is 314 g/mol. The van der Waals surface area contributed by atoms with Gasteiger partial charge >= 0.3 is 11.9 Å². The number of carbonyl (C=O) groups is 3. The van der Waals surface area contributed by atoms with Gasteiger partial charge in [-0.2, -0.15) is 0 Å². The molecule has 24 heavy (non-hydrogen) atoms. The van der Waals surface area contributed by atoms with Crippen LogP contribution in [0.25, 0.3) is 11.0 Å². The zero-order chi connectivity index (χ0) is 17.1. The zero-order valence-electron chi connectivity index (χ0n) is 13.2. The van der Waals surface area contributed by atoms with Crippen LogP contribution >= 0.6 is 0 Å². The van der Waals surface area contributed by atoms with Gasteiger partial charge in [-0.3, -0.25) is 9.59 Å². The summed E-state index contributed by atoms with van der Waals surface area (Å²) in [5.74, 6) is -1.74. The van der Waals surface area contributed by atoms with E-state index in [1.54, 1.807) is 31.2 Å². The van der Waals surface area contributed by atoms with Gasteiger partial charge in [0.25, 0.3) is 5.91 Å². The smallest absolute Gasteiger partial charge is 0.376 e. The average Bonchev–Trinajstić information content (AvgIpc) is 3.36. The Balaban J connectivity index is 1.78. The topological polar surface area (TPSA) is 94.8 Å². The van der Waals surface area contributed by atoms with E-state index >= 15 is 0 Å². The summed E-state index contributed by atoms with van der Waals surface area (Å²) in [5.41, 5.74) is 0.669. The molecule has 0 saturated heterocycles. The third-order valence-corrected chi connectivity index (χ3v) is 3.58. The molecule has 0 unspecified atom stereocenters. The van der Waals surface area contributed by atoms with Crippen LogP contribution in [0.15, 0.2) is 28.7 Å². The van der Waals surface area contributed by atoms with Crippen molar-refractivity contribution in [2.45, 2.75) is 19.8 Å². The largest absolute Gasteiger partial charge is 0.460 e. The van der Waals surface area contributed by atoms with Gasteiger partial charge in [0.1, 0.15) is 11.3 Å². The summed E-state index contributed by atoms with van der Waals surface area (Å²) in [6.07, 6.45) is 1.61. The molecular formula is C17H17NO6. The van der Waals surface area contributed by atoms with Crippen LogP contribution in [-0.4, -0.2) is 31.1 Å². The van der Waals surface area contributed by atoms with Gasteiger partial charge in [0.05, 0.1) is 12.5 Å². The first kappa shape index (κ1) is 16.0.